The molecule has 9 heteroatoms. The summed E-state index contributed by atoms with van der Waals surface area (Å²) in [5.41, 5.74) is 0.741. The first-order chi connectivity index (χ1) is 11.9. The molecule has 0 aliphatic rings. The van der Waals surface area contributed by atoms with Crippen molar-refractivity contribution in [3.8, 4) is 0 Å². The van der Waals surface area contributed by atoms with Crippen LogP contribution in [0.3, 0.4) is 0 Å². The van der Waals surface area contributed by atoms with Crippen molar-refractivity contribution in [3.63, 3.8) is 0 Å². The number of ketones is 2. The monoisotopic (exact) mass is 394 g/mol. The van der Waals surface area contributed by atoms with Gasteiger partial charge in [0, 0.05) is 16.0 Å². The minimum absolute atomic E-state index is 0.0285. The molecule has 0 heterocycles. The first-order valence-electron chi connectivity index (χ1n) is 7.40. The lowest BCUT2D eigenvalue weighted by molar-refractivity contribution is 0.101. The lowest BCUT2D eigenvalue weighted by Crippen LogP contribution is -2.10. The second-order valence-corrected chi connectivity index (χ2v) is 9.14. The highest BCUT2D eigenvalue weighted by Gasteiger charge is 2.17. The number of aryl methyl sites for hydroxylation is 1. The molecule has 0 saturated carbocycles. The second-order valence-electron chi connectivity index (χ2n) is 5.70. The predicted molar refractivity (Wildman–Crippen MR) is 95.4 cm³/mol. The van der Waals surface area contributed by atoms with Crippen LogP contribution < -0.4 is 0 Å². The molecule has 0 N–H and O–H groups in total. The van der Waals surface area contributed by atoms with Crippen LogP contribution >= 0.6 is 0 Å². The fourth-order valence-corrected chi connectivity index (χ4v) is 4.83. The molecular formula is C17H16NO6S2-. The Morgan fingerprint density at radius 3 is 1.58 bits per heavy atom. The summed E-state index contributed by atoms with van der Waals surface area (Å²) in [7, 11) is -9.14. The summed E-state index contributed by atoms with van der Waals surface area (Å²) in [5, 5.41) is 0. The fraction of sp³-hybridized carbons (Fsp3) is 0.176. The average molecular weight is 394 g/mol. The maximum Gasteiger partial charge on any atom is 0.159 e. The number of nitrogens with zero attached hydrogens (tertiary/aromatic N) is 1. The molecule has 0 saturated heterocycles. The average Bonchev–Trinajstić information content (AvgIpc) is 2.53. The van der Waals surface area contributed by atoms with Crippen LogP contribution in [0.5, 0.6) is 0 Å². The molecule has 0 amide bonds. The van der Waals surface area contributed by atoms with Crippen molar-refractivity contribution in [2.24, 2.45) is 0 Å². The van der Waals surface area contributed by atoms with Crippen LogP contribution in [0.2, 0.25) is 0 Å². The van der Waals surface area contributed by atoms with Crippen molar-refractivity contribution in [2.75, 3.05) is 0 Å². The van der Waals surface area contributed by atoms with Gasteiger partial charge in [-0.1, -0.05) is 17.7 Å². The van der Waals surface area contributed by atoms with Gasteiger partial charge < -0.3 is 4.13 Å². The Hall–Kier alpha value is -2.36. The van der Waals surface area contributed by atoms with Gasteiger partial charge in [0.05, 0.1) is 4.90 Å². The zero-order valence-corrected chi connectivity index (χ0v) is 15.9. The van der Waals surface area contributed by atoms with Crippen molar-refractivity contribution in [2.45, 2.75) is 30.6 Å². The topological polar surface area (TPSA) is 117 Å². The molecule has 0 aliphatic carbocycles. The Morgan fingerprint density at radius 1 is 0.731 bits per heavy atom. The zero-order chi connectivity index (χ0) is 19.7. The summed E-state index contributed by atoms with van der Waals surface area (Å²) in [5.74, 6) is -0.933. The number of carbonyl (C=O) groups is 2. The number of sulfonamides is 2. The number of carbonyl (C=O) groups excluding carboxylic acids is 2. The molecule has 2 aromatic carbocycles. The first-order valence-corrected chi connectivity index (χ1v) is 10.3. The molecule has 0 unspecified atom stereocenters. The van der Waals surface area contributed by atoms with Gasteiger partial charge in [0.2, 0.25) is 0 Å². The molecule has 0 atom stereocenters. The Morgan fingerprint density at radius 2 is 1.15 bits per heavy atom. The third-order valence-electron chi connectivity index (χ3n) is 3.53. The Bertz CT molecular complexity index is 1050. The fourth-order valence-electron chi connectivity index (χ4n) is 2.08. The minimum atomic E-state index is -4.66. The van der Waals surface area contributed by atoms with E-state index in [1.54, 1.807) is 6.92 Å². The van der Waals surface area contributed by atoms with Crippen LogP contribution in [0, 0.1) is 6.92 Å². The summed E-state index contributed by atoms with van der Waals surface area (Å²) in [4.78, 5) is 22.4. The van der Waals surface area contributed by atoms with Gasteiger partial charge in [-0.15, -0.1) is 0 Å². The quantitative estimate of drug-likeness (QED) is 0.696. The molecule has 2 aromatic rings. The van der Waals surface area contributed by atoms with Gasteiger partial charge >= 0.3 is 0 Å². The maximum atomic E-state index is 12.5. The highest BCUT2D eigenvalue weighted by Crippen LogP contribution is 2.27. The molecule has 0 fully saturated rings. The highest BCUT2D eigenvalue weighted by atomic mass is 32.3. The number of rotatable bonds is 6. The van der Waals surface area contributed by atoms with Gasteiger partial charge in [0.15, 0.2) is 11.6 Å². The first kappa shape index (κ1) is 20.0. The van der Waals surface area contributed by atoms with Crippen LogP contribution in [0.25, 0.3) is 4.13 Å². The van der Waals surface area contributed by atoms with Gasteiger partial charge in [-0.25, -0.2) is 16.8 Å². The molecule has 138 valence electrons. The van der Waals surface area contributed by atoms with Crippen LogP contribution in [0.1, 0.15) is 40.1 Å². The Labute approximate surface area is 152 Å². The zero-order valence-electron chi connectivity index (χ0n) is 14.3. The summed E-state index contributed by atoms with van der Waals surface area (Å²) in [6, 6.07) is 8.76. The molecule has 2 rings (SSSR count). The van der Waals surface area contributed by atoms with E-state index >= 15 is 0 Å². The maximum absolute atomic E-state index is 12.5. The molecule has 0 aliphatic heterocycles. The van der Waals surface area contributed by atoms with Crippen LogP contribution in [-0.4, -0.2) is 28.4 Å². The Kier molecular flexibility index (Phi) is 5.45. The third-order valence-corrected chi connectivity index (χ3v) is 6.80. The molecule has 0 spiro atoms. The molecule has 0 bridgehead atoms. The molecular weight excluding hydrogens is 378 g/mol. The SMILES string of the molecule is CC(=O)c1cc(C(C)=O)cc(S(=O)(=O)[N-]S(=O)(=O)c2ccc(C)cc2)c1. The van der Waals surface area contributed by atoms with Crippen molar-refractivity contribution in [1.29, 1.82) is 0 Å². The van der Waals surface area contributed by atoms with E-state index in [4.69, 9.17) is 0 Å². The smallest absolute Gasteiger partial charge is 0.159 e. The van der Waals surface area contributed by atoms with Crippen LogP contribution in [-0.2, 0) is 20.0 Å². The van der Waals surface area contributed by atoms with E-state index in [9.17, 15) is 26.4 Å². The molecule has 0 aromatic heterocycles. The van der Waals surface area contributed by atoms with Crippen molar-refractivity contribution >= 4 is 31.6 Å². The summed E-state index contributed by atoms with van der Waals surface area (Å²) >= 11 is 0. The lowest BCUT2D eigenvalue weighted by atomic mass is 10.1. The molecule has 7 nitrogen and oxygen atoms in total. The summed E-state index contributed by atoms with van der Waals surface area (Å²) in [6.45, 7) is 4.16. The van der Waals surface area contributed by atoms with Crippen LogP contribution in [0.15, 0.2) is 52.3 Å². The van der Waals surface area contributed by atoms with E-state index in [-0.39, 0.29) is 16.0 Å². The summed E-state index contributed by atoms with van der Waals surface area (Å²) < 4.78 is 52.6. The largest absolute Gasteiger partial charge is 0.428 e. The molecule has 26 heavy (non-hydrogen) atoms. The standard InChI is InChI=1S/C17H16NO6S2/c1-11-4-6-16(7-5-11)25(21,22)18-26(23,24)17-9-14(12(2)19)8-15(10-17)13(3)20/h4-10H,1-3H3/q-1. The number of hydrogen-bond acceptors (Lipinski definition) is 6. The van der Waals surface area contributed by atoms with Crippen molar-refractivity contribution in [1.82, 2.24) is 0 Å². The van der Waals surface area contributed by atoms with Gasteiger partial charge in [0.1, 0.15) is 20.0 Å². The molecule has 0 radical (unpaired) electrons. The van der Waals surface area contributed by atoms with Crippen molar-refractivity contribution in [3.05, 3.63) is 63.3 Å². The third kappa shape index (κ3) is 4.43. The van der Waals surface area contributed by atoms with Gasteiger partial charge in [-0.05, 0) is 51.1 Å². The number of hydrogen-bond donors (Lipinski definition) is 0. The summed E-state index contributed by atoms with van der Waals surface area (Å²) in [6.07, 6.45) is 0. The normalized spacial score (nSPS) is 12.0. The minimum Gasteiger partial charge on any atom is -0.428 e. The van der Waals surface area contributed by atoms with E-state index in [1.807, 2.05) is 0 Å². The van der Waals surface area contributed by atoms with Gasteiger partial charge in [-0.3, -0.25) is 9.59 Å². The predicted octanol–water partition coefficient (Wildman–Crippen LogP) is 2.85. The van der Waals surface area contributed by atoms with E-state index in [1.165, 1.54) is 44.2 Å². The van der Waals surface area contributed by atoms with E-state index in [2.05, 4.69) is 4.13 Å². The lowest BCUT2D eigenvalue weighted by Gasteiger charge is -2.21. The van der Waals surface area contributed by atoms with Crippen molar-refractivity contribution < 1.29 is 26.4 Å². The Balaban J connectivity index is 2.52. The van der Waals surface area contributed by atoms with Gasteiger partial charge in [-0.2, -0.15) is 0 Å². The van der Waals surface area contributed by atoms with E-state index in [0.29, 0.717) is 0 Å². The number of benzene rings is 2. The van der Waals surface area contributed by atoms with E-state index < -0.39 is 36.5 Å². The van der Waals surface area contributed by atoms with Gasteiger partial charge in [0.25, 0.3) is 0 Å². The number of Topliss-reactive ketones (excluding diaryl/α,β-unsaturated/α-hetero) is 2. The highest BCUT2D eigenvalue weighted by molar-refractivity contribution is 8.12. The van der Waals surface area contributed by atoms with Crippen LogP contribution in [0.4, 0.5) is 0 Å². The second kappa shape index (κ2) is 7.10. The van der Waals surface area contributed by atoms with E-state index in [0.717, 1.165) is 17.7 Å².